The summed E-state index contributed by atoms with van der Waals surface area (Å²) >= 11 is 0. The summed E-state index contributed by atoms with van der Waals surface area (Å²) in [6.45, 7) is 1.07. The second-order valence-corrected chi connectivity index (χ2v) is 7.11. The number of hydrogen-bond donors (Lipinski definition) is 1. The molecule has 0 aliphatic carbocycles. The van der Waals surface area contributed by atoms with Crippen molar-refractivity contribution in [3.8, 4) is 11.5 Å². The van der Waals surface area contributed by atoms with Crippen molar-refractivity contribution < 1.29 is 23.1 Å². The molecule has 7 heteroatoms. The smallest absolute Gasteiger partial charge is 0.268 e. The second kappa shape index (κ2) is 7.59. The van der Waals surface area contributed by atoms with Crippen molar-refractivity contribution in [2.24, 2.45) is 0 Å². The van der Waals surface area contributed by atoms with Crippen molar-refractivity contribution >= 4 is 17.0 Å². The highest BCUT2D eigenvalue weighted by Gasteiger charge is 2.18. The molecular formula is C23H19FN2O4. The number of furan rings is 1. The zero-order valence-electron chi connectivity index (χ0n) is 16.1. The number of halogens is 1. The number of nitrogens with zero attached hydrogens (tertiary/aromatic N) is 1. The Labute approximate surface area is 171 Å². The minimum absolute atomic E-state index is 0.210. The molecule has 0 atom stereocenters. The molecule has 152 valence electrons. The third kappa shape index (κ3) is 3.50. The van der Waals surface area contributed by atoms with Gasteiger partial charge in [0.05, 0.1) is 11.8 Å². The van der Waals surface area contributed by atoms with Gasteiger partial charge in [0.15, 0.2) is 17.1 Å². The third-order valence-corrected chi connectivity index (χ3v) is 5.12. The zero-order chi connectivity index (χ0) is 20.5. The first kappa shape index (κ1) is 18.3. The molecular weight excluding hydrogens is 387 g/mol. The number of hydrogen-bond acceptors (Lipinski definition) is 4. The van der Waals surface area contributed by atoms with Crippen molar-refractivity contribution in [1.82, 2.24) is 9.88 Å². The molecule has 2 aromatic heterocycles. The van der Waals surface area contributed by atoms with Crippen LogP contribution in [0.25, 0.3) is 11.1 Å². The van der Waals surface area contributed by atoms with Gasteiger partial charge in [-0.25, -0.2) is 4.39 Å². The number of carbonyl (C=O) groups is 1. The molecule has 1 amide bonds. The van der Waals surface area contributed by atoms with Crippen LogP contribution >= 0.6 is 0 Å². The molecule has 0 saturated carbocycles. The van der Waals surface area contributed by atoms with Crippen molar-refractivity contribution in [2.75, 3.05) is 13.3 Å². The number of rotatable bonds is 6. The predicted octanol–water partition coefficient (Wildman–Crippen LogP) is 4.12. The van der Waals surface area contributed by atoms with Crippen molar-refractivity contribution in [3.05, 3.63) is 83.5 Å². The molecule has 2 aromatic carbocycles. The van der Waals surface area contributed by atoms with Crippen LogP contribution < -0.4 is 14.8 Å². The largest absolute Gasteiger partial charge is 0.463 e. The third-order valence-electron chi connectivity index (χ3n) is 5.12. The molecule has 0 saturated heterocycles. The molecule has 1 aliphatic rings. The van der Waals surface area contributed by atoms with E-state index in [1.54, 1.807) is 24.5 Å². The molecule has 1 aliphatic heterocycles. The Hall–Kier alpha value is -3.74. The summed E-state index contributed by atoms with van der Waals surface area (Å²) < 4.78 is 31.6. The van der Waals surface area contributed by atoms with E-state index in [9.17, 15) is 9.18 Å². The standard InChI is InChI=1S/C23H19FN2O4/c24-17-3-1-2-16(10-17)13-26-18-7-9-28-21(18)12-19(26)23(27)25-8-6-15-4-5-20-22(11-15)30-14-29-20/h1-5,7,9-12H,6,8,13-14H2,(H,25,27). The molecule has 1 N–H and O–H groups in total. The van der Waals surface area contributed by atoms with E-state index in [0.29, 0.717) is 30.8 Å². The van der Waals surface area contributed by atoms with Crippen LogP contribution in [0.15, 0.2) is 65.3 Å². The van der Waals surface area contributed by atoms with Crippen LogP contribution in [0.5, 0.6) is 11.5 Å². The number of nitrogens with one attached hydrogen (secondary N) is 1. The van der Waals surface area contributed by atoms with Crippen molar-refractivity contribution in [2.45, 2.75) is 13.0 Å². The maximum atomic E-state index is 13.6. The van der Waals surface area contributed by atoms with Gasteiger partial charge in [-0.15, -0.1) is 0 Å². The fraction of sp³-hybridized carbons (Fsp3) is 0.174. The molecule has 0 unspecified atom stereocenters. The van der Waals surface area contributed by atoms with E-state index in [0.717, 1.165) is 28.1 Å². The summed E-state index contributed by atoms with van der Waals surface area (Å²) in [4.78, 5) is 12.9. The molecule has 4 aromatic rings. The molecule has 6 nitrogen and oxygen atoms in total. The van der Waals surface area contributed by atoms with Crippen LogP contribution in [0.4, 0.5) is 4.39 Å². The lowest BCUT2D eigenvalue weighted by Gasteiger charge is -2.11. The SMILES string of the molecule is O=C(NCCc1ccc2c(c1)OCO2)c1cc2occc2n1Cc1cccc(F)c1. The fourth-order valence-electron chi connectivity index (χ4n) is 3.66. The number of amides is 1. The number of ether oxygens (including phenoxy) is 2. The maximum Gasteiger partial charge on any atom is 0.268 e. The van der Waals surface area contributed by atoms with E-state index in [1.165, 1.54) is 12.1 Å². The van der Waals surface area contributed by atoms with Crippen LogP contribution in [0.3, 0.4) is 0 Å². The van der Waals surface area contributed by atoms with Crippen LogP contribution in [-0.4, -0.2) is 23.8 Å². The Morgan fingerprint density at radius 1 is 1.03 bits per heavy atom. The Morgan fingerprint density at radius 3 is 2.83 bits per heavy atom. The van der Waals surface area contributed by atoms with Crippen LogP contribution in [0.2, 0.25) is 0 Å². The first-order chi connectivity index (χ1) is 14.7. The Bertz CT molecular complexity index is 1230. The highest BCUT2D eigenvalue weighted by molar-refractivity contribution is 5.97. The first-order valence-electron chi connectivity index (χ1n) is 9.65. The quantitative estimate of drug-likeness (QED) is 0.523. The summed E-state index contributed by atoms with van der Waals surface area (Å²) in [7, 11) is 0. The van der Waals surface area contributed by atoms with Gasteiger partial charge in [-0.3, -0.25) is 4.79 Å². The van der Waals surface area contributed by atoms with Gasteiger partial charge in [-0.05, 0) is 41.8 Å². The van der Waals surface area contributed by atoms with Crippen LogP contribution in [0, 0.1) is 5.82 Å². The van der Waals surface area contributed by atoms with Crippen molar-refractivity contribution in [1.29, 1.82) is 0 Å². The van der Waals surface area contributed by atoms with Crippen molar-refractivity contribution in [3.63, 3.8) is 0 Å². The summed E-state index contributed by atoms with van der Waals surface area (Å²) in [5.41, 5.74) is 3.69. The van der Waals surface area contributed by atoms with Gasteiger partial charge in [0.1, 0.15) is 11.5 Å². The Balaban J connectivity index is 1.31. The van der Waals surface area contributed by atoms with E-state index in [4.69, 9.17) is 13.9 Å². The maximum absolute atomic E-state index is 13.6. The number of fused-ring (bicyclic) bond motifs is 2. The monoisotopic (exact) mass is 406 g/mol. The van der Waals surface area contributed by atoms with E-state index >= 15 is 0 Å². The second-order valence-electron chi connectivity index (χ2n) is 7.11. The first-order valence-corrected chi connectivity index (χ1v) is 9.65. The van der Waals surface area contributed by atoms with Gasteiger partial charge in [0.2, 0.25) is 6.79 Å². The number of carbonyl (C=O) groups excluding carboxylic acids is 1. The average molecular weight is 406 g/mol. The van der Waals surface area contributed by atoms with Crippen LogP contribution in [0.1, 0.15) is 21.6 Å². The van der Waals surface area contributed by atoms with Gasteiger partial charge in [-0.2, -0.15) is 0 Å². The average Bonchev–Trinajstić information content (AvgIpc) is 3.45. The van der Waals surface area contributed by atoms with Gasteiger partial charge in [0.25, 0.3) is 5.91 Å². The summed E-state index contributed by atoms with van der Waals surface area (Å²) in [6, 6.07) is 15.6. The lowest BCUT2D eigenvalue weighted by atomic mass is 10.1. The zero-order valence-corrected chi connectivity index (χ0v) is 16.1. The highest BCUT2D eigenvalue weighted by atomic mass is 19.1. The predicted molar refractivity (Wildman–Crippen MR) is 108 cm³/mol. The van der Waals surface area contributed by atoms with E-state index in [2.05, 4.69) is 5.32 Å². The summed E-state index contributed by atoms with van der Waals surface area (Å²) in [6.07, 6.45) is 2.23. The van der Waals surface area contributed by atoms with E-state index in [1.807, 2.05) is 28.8 Å². The minimum atomic E-state index is -0.308. The van der Waals surface area contributed by atoms with Crippen LogP contribution in [-0.2, 0) is 13.0 Å². The lowest BCUT2D eigenvalue weighted by molar-refractivity contribution is 0.0945. The Morgan fingerprint density at radius 2 is 1.93 bits per heavy atom. The van der Waals surface area contributed by atoms with E-state index in [-0.39, 0.29) is 18.5 Å². The normalized spacial score (nSPS) is 12.4. The minimum Gasteiger partial charge on any atom is -0.463 e. The molecule has 5 rings (SSSR count). The molecule has 0 spiro atoms. The number of benzene rings is 2. The molecule has 30 heavy (non-hydrogen) atoms. The summed E-state index contributed by atoms with van der Waals surface area (Å²) in [5, 5.41) is 2.96. The van der Waals surface area contributed by atoms with Gasteiger partial charge in [-0.1, -0.05) is 18.2 Å². The molecule has 0 fully saturated rings. The molecule has 3 heterocycles. The molecule has 0 radical (unpaired) electrons. The Kier molecular flexibility index (Phi) is 4.63. The topological polar surface area (TPSA) is 65.6 Å². The molecule has 0 bridgehead atoms. The van der Waals surface area contributed by atoms with Gasteiger partial charge in [0, 0.05) is 25.2 Å². The highest BCUT2D eigenvalue weighted by Crippen LogP contribution is 2.32. The van der Waals surface area contributed by atoms with Gasteiger partial charge < -0.3 is 23.8 Å². The summed E-state index contributed by atoms with van der Waals surface area (Å²) in [5.74, 6) is 0.944. The fourth-order valence-corrected chi connectivity index (χ4v) is 3.66. The van der Waals surface area contributed by atoms with Gasteiger partial charge >= 0.3 is 0 Å². The lowest BCUT2D eigenvalue weighted by Crippen LogP contribution is -2.28. The number of aromatic nitrogens is 1. The van der Waals surface area contributed by atoms with E-state index < -0.39 is 0 Å².